The van der Waals surface area contributed by atoms with Crippen molar-refractivity contribution in [1.82, 2.24) is 0 Å². The van der Waals surface area contributed by atoms with Crippen LogP contribution < -0.4 is 0 Å². The normalized spacial score (nSPS) is 12.4. The number of rotatable bonds is 3. The summed E-state index contributed by atoms with van der Waals surface area (Å²) in [7, 11) is 0. The summed E-state index contributed by atoms with van der Waals surface area (Å²) in [6.07, 6.45) is 3.87. The molecule has 0 amide bonds. The third-order valence-corrected chi connectivity index (χ3v) is 1.98. The summed E-state index contributed by atoms with van der Waals surface area (Å²) in [6.45, 7) is 3.91. The third-order valence-electron chi connectivity index (χ3n) is 1.98. The van der Waals surface area contributed by atoms with Gasteiger partial charge in [-0.2, -0.15) is 0 Å². The van der Waals surface area contributed by atoms with Crippen molar-refractivity contribution < 1.29 is 0 Å². The Morgan fingerprint density at radius 3 is 2.79 bits per heavy atom. The smallest absolute Gasteiger partial charge is 0.0530 e. The highest BCUT2D eigenvalue weighted by Crippen LogP contribution is 2.09. The first-order chi connectivity index (χ1) is 6.74. The molecule has 0 radical (unpaired) electrons. The Morgan fingerprint density at radius 2 is 2.14 bits per heavy atom. The lowest BCUT2D eigenvalue weighted by molar-refractivity contribution is 0.915. The molecule has 0 saturated heterocycles. The van der Waals surface area contributed by atoms with E-state index in [1.54, 1.807) is 0 Å². The van der Waals surface area contributed by atoms with Gasteiger partial charge in [0, 0.05) is 4.91 Å². The summed E-state index contributed by atoms with van der Waals surface area (Å²) in [5.41, 5.74) is 10.6. The molecule has 0 N–H and O–H groups in total. The molecule has 0 aliphatic rings. The average Bonchev–Trinajstić information content (AvgIpc) is 2.17. The van der Waals surface area contributed by atoms with Crippen LogP contribution in [0.25, 0.3) is 16.5 Å². The van der Waals surface area contributed by atoms with Crippen LogP contribution in [0.2, 0.25) is 0 Å². The number of aryl methyl sites for hydroxylation is 1. The zero-order valence-electron chi connectivity index (χ0n) is 8.38. The minimum Gasteiger partial charge on any atom is -0.0868 e. The standard InChI is InChI=1S/C11H13N3/c1-9-5-3-4-6-11(9)8-7-10(2)13-14-12/h3-8,10H,1-2H3/b8-7+/t10-/m1/s1. The van der Waals surface area contributed by atoms with Crippen molar-refractivity contribution in [2.45, 2.75) is 19.9 Å². The lowest BCUT2D eigenvalue weighted by Gasteiger charge is -1.99. The molecule has 1 atom stereocenters. The van der Waals surface area contributed by atoms with Crippen LogP contribution in [-0.4, -0.2) is 6.04 Å². The number of hydrogen-bond acceptors (Lipinski definition) is 1. The van der Waals surface area contributed by atoms with Crippen molar-refractivity contribution >= 4 is 6.08 Å². The highest BCUT2D eigenvalue weighted by atomic mass is 15.1. The van der Waals surface area contributed by atoms with Crippen LogP contribution in [0, 0.1) is 6.92 Å². The van der Waals surface area contributed by atoms with Gasteiger partial charge in [0.15, 0.2) is 0 Å². The second-order valence-electron chi connectivity index (χ2n) is 3.16. The molecule has 0 unspecified atom stereocenters. The summed E-state index contributed by atoms with van der Waals surface area (Å²) in [5.74, 6) is 0. The zero-order chi connectivity index (χ0) is 10.4. The van der Waals surface area contributed by atoms with Gasteiger partial charge in [-0.1, -0.05) is 48.5 Å². The minimum atomic E-state index is -0.0976. The molecular weight excluding hydrogens is 174 g/mol. The van der Waals surface area contributed by atoms with Gasteiger partial charge in [0.05, 0.1) is 6.04 Å². The van der Waals surface area contributed by atoms with Gasteiger partial charge in [0.25, 0.3) is 0 Å². The largest absolute Gasteiger partial charge is 0.0868 e. The maximum absolute atomic E-state index is 8.21. The van der Waals surface area contributed by atoms with Crippen molar-refractivity contribution in [3.63, 3.8) is 0 Å². The van der Waals surface area contributed by atoms with Crippen LogP contribution >= 0.6 is 0 Å². The van der Waals surface area contributed by atoms with Gasteiger partial charge in [0.1, 0.15) is 0 Å². The predicted octanol–water partition coefficient (Wildman–Crippen LogP) is 3.71. The first-order valence-corrected chi connectivity index (χ1v) is 4.52. The Balaban J connectivity index is 2.78. The van der Waals surface area contributed by atoms with Crippen LogP contribution in [-0.2, 0) is 0 Å². The van der Waals surface area contributed by atoms with Gasteiger partial charge in [-0.05, 0) is 23.6 Å². The van der Waals surface area contributed by atoms with Crippen LogP contribution in [0.5, 0.6) is 0 Å². The van der Waals surface area contributed by atoms with Crippen molar-refractivity contribution in [3.05, 3.63) is 51.9 Å². The first-order valence-electron chi connectivity index (χ1n) is 4.52. The summed E-state index contributed by atoms with van der Waals surface area (Å²) < 4.78 is 0. The second-order valence-corrected chi connectivity index (χ2v) is 3.16. The fourth-order valence-electron chi connectivity index (χ4n) is 1.14. The SMILES string of the molecule is Cc1ccccc1/C=C/[C@@H](C)N=[N+]=[N-]. The third kappa shape index (κ3) is 2.96. The number of hydrogen-bond donors (Lipinski definition) is 0. The summed E-state index contributed by atoms with van der Waals surface area (Å²) >= 11 is 0. The Labute approximate surface area is 83.7 Å². The molecule has 0 bridgehead atoms. The molecule has 14 heavy (non-hydrogen) atoms. The molecule has 0 heterocycles. The fraction of sp³-hybridized carbons (Fsp3) is 0.273. The van der Waals surface area contributed by atoms with Crippen molar-refractivity contribution in [1.29, 1.82) is 0 Å². The average molecular weight is 187 g/mol. The Hall–Kier alpha value is -1.73. The van der Waals surface area contributed by atoms with Gasteiger partial charge >= 0.3 is 0 Å². The highest BCUT2D eigenvalue weighted by molar-refractivity contribution is 5.53. The maximum Gasteiger partial charge on any atom is 0.0530 e. The minimum absolute atomic E-state index is 0.0976. The molecule has 3 heteroatoms. The Bertz CT molecular complexity index is 376. The van der Waals surface area contributed by atoms with Crippen LogP contribution in [0.15, 0.2) is 35.5 Å². The number of nitrogens with zero attached hydrogens (tertiary/aromatic N) is 3. The molecule has 0 saturated carbocycles. The fourth-order valence-corrected chi connectivity index (χ4v) is 1.14. The second kappa shape index (κ2) is 5.10. The van der Waals surface area contributed by atoms with E-state index in [4.69, 9.17) is 5.53 Å². The van der Waals surface area contributed by atoms with Gasteiger partial charge in [0.2, 0.25) is 0 Å². The van der Waals surface area contributed by atoms with E-state index in [2.05, 4.69) is 23.0 Å². The molecule has 0 fully saturated rings. The van der Waals surface area contributed by atoms with E-state index >= 15 is 0 Å². The molecule has 0 aliphatic carbocycles. The van der Waals surface area contributed by atoms with E-state index in [9.17, 15) is 0 Å². The van der Waals surface area contributed by atoms with Crippen LogP contribution in [0.3, 0.4) is 0 Å². The summed E-state index contributed by atoms with van der Waals surface area (Å²) in [6, 6.07) is 7.99. The Kier molecular flexibility index (Phi) is 3.77. The molecule has 1 aromatic carbocycles. The van der Waals surface area contributed by atoms with E-state index in [-0.39, 0.29) is 6.04 Å². The van der Waals surface area contributed by atoms with Gasteiger partial charge in [-0.15, -0.1) is 0 Å². The molecule has 1 aromatic rings. The van der Waals surface area contributed by atoms with Crippen molar-refractivity contribution in [2.75, 3.05) is 0 Å². The predicted molar refractivity (Wildman–Crippen MR) is 58.8 cm³/mol. The molecule has 1 rings (SSSR count). The summed E-state index contributed by atoms with van der Waals surface area (Å²) in [4.78, 5) is 2.74. The monoisotopic (exact) mass is 187 g/mol. The van der Waals surface area contributed by atoms with Gasteiger partial charge < -0.3 is 0 Å². The zero-order valence-corrected chi connectivity index (χ0v) is 8.38. The quantitative estimate of drug-likeness (QED) is 0.393. The Morgan fingerprint density at radius 1 is 1.43 bits per heavy atom. The molecule has 3 nitrogen and oxygen atoms in total. The molecule has 72 valence electrons. The first kappa shape index (κ1) is 10.4. The van der Waals surface area contributed by atoms with E-state index in [0.717, 1.165) is 5.56 Å². The molecular formula is C11H13N3. The topological polar surface area (TPSA) is 48.8 Å². The van der Waals surface area contributed by atoms with E-state index < -0.39 is 0 Å². The highest BCUT2D eigenvalue weighted by Gasteiger charge is 1.93. The van der Waals surface area contributed by atoms with E-state index in [0.29, 0.717) is 0 Å². The molecule has 0 spiro atoms. The summed E-state index contributed by atoms with van der Waals surface area (Å²) in [5, 5.41) is 3.56. The van der Waals surface area contributed by atoms with Crippen LogP contribution in [0.4, 0.5) is 0 Å². The van der Waals surface area contributed by atoms with Gasteiger partial charge in [-0.3, -0.25) is 0 Å². The molecule has 0 aromatic heterocycles. The lowest BCUT2D eigenvalue weighted by Crippen LogP contribution is -1.88. The van der Waals surface area contributed by atoms with Gasteiger partial charge in [-0.25, -0.2) is 0 Å². The van der Waals surface area contributed by atoms with Crippen LogP contribution in [0.1, 0.15) is 18.1 Å². The van der Waals surface area contributed by atoms with Crippen molar-refractivity contribution in [2.24, 2.45) is 5.11 Å². The maximum atomic E-state index is 8.21. The molecule has 0 aliphatic heterocycles. The lowest BCUT2D eigenvalue weighted by atomic mass is 10.1. The van der Waals surface area contributed by atoms with E-state index in [1.165, 1.54) is 5.56 Å². The van der Waals surface area contributed by atoms with E-state index in [1.807, 2.05) is 37.3 Å². The number of azide groups is 1. The number of benzene rings is 1. The van der Waals surface area contributed by atoms with Crippen molar-refractivity contribution in [3.8, 4) is 0 Å².